The van der Waals surface area contributed by atoms with Crippen LogP contribution < -0.4 is 0 Å². The predicted octanol–water partition coefficient (Wildman–Crippen LogP) is 19.7. The fourth-order valence-electron chi connectivity index (χ4n) is 7.95. The highest BCUT2D eigenvalue weighted by Gasteiger charge is 2.19. The van der Waals surface area contributed by atoms with E-state index in [9.17, 15) is 14.4 Å². The number of rotatable bonds is 52. The van der Waals surface area contributed by atoms with Crippen LogP contribution >= 0.6 is 0 Å². The fourth-order valence-corrected chi connectivity index (χ4v) is 7.95. The van der Waals surface area contributed by atoms with Gasteiger partial charge in [-0.2, -0.15) is 0 Å². The van der Waals surface area contributed by atoms with E-state index in [0.29, 0.717) is 19.3 Å². The van der Waals surface area contributed by atoms with Crippen molar-refractivity contribution in [1.29, 1.82) is 0 Å². The molecule has 0 saturated heterocycles. The van der Waals surface area contributed by atoms with Crippen LogP contribution in [0.1, 0.15) is 271 Å². The highest BCUT2D eigenvalue weighted by Crippen LogP contribution is 2.14. The van der Waals surface area contributed by atoms with E-state index in [-0.39, 0.29) is 31.1 Å². The molecule has 70 heavy (non-hydrogen) atoms. The molecule has 0 aliphatic carbocycles. The number of carbonyl (C=O) groups excluding carboxylic acids is 3. The fraction of sp³-hybridized carbons (Fsp3) is 0.703. The molecule has 6 heteroatoms. The third kappa shape index (κ3) is 55.3. The summed E-state index contributed by atoms with van der Waals surface area (Å²) in [6.07, 6.45) is 77.1. The molecule has 0 heterocycles. The first-order chi connectivity index (χ1) is 34.5. The van der Waals surface area contributed by atoms with Gasteiger partial charge in [0.25, 0.3) is 0 Å². The Labute approximate surface area is 432 Å². The summed E-state index contributed by atoms with van der Waals surface area (Å²) in [6, 6.07) is 0. The van der Waals surface area contributed by atoms with Gasteiger partial charge in [-0.15, -0.1) is 0 Å². The minimum atomic E-state index is -0.784. The molecule has 0 bridgehead atoms. The average molecular weight is 974 g/mol. The van der Waals surface area contributed by atoms with Crippen molar-refractivity contribution in [1.82, 2.24) is 0 Å². The van der Waals surface area contributed by atoms with Crippen molar-refractivity contribution in [2.45, 2.75) is 277 Å². The zero-order valence-corrected chi connectivity index (χ0v) is 45.8. The maximum atomic E-state index is 12.8. The van der Waals surface area contributed by atoms with Crippen molar-refractivity contribution >= 4 is 17.9 Å². The van der Waals surface area contributed by atoms with Crippen molar-refractivity contribution < 1.29 is 28.6 Å². The van der Waals surface area contributed by atoms with E-state index >= 15 is 0 Å². The van der Waals surface area contributed by atoms with Crippen molar-refractivity contribution in [2.75, 3.05) is 13.2 Å². The zero-order valence-electron chi connectivity index (χ0n) is 45.8. The Morgan fingerprint density at radius 3 is 0.886 bits per heavy atom. The second kappa shape index (κ2) is 57.9. The highest BCUT2D eigenvalue weighted by atomic mass is 16.6. The predicted molar refractivity (Wildman–Crippen MR) is 302 cm³/mol. The number of esters is 3. The van der Waals surface area contributed by atoms with Crippen LogP contribution in [0.25, 0.3) is 0 Å². The number of carbonyl (C=O) groups is 3. The van der Waals surface area contributed by atoms with Gasteiger partial charge in [-0.05, 0) is 103 Å². The molecule has 0 N–H and O–H groups in total. The van der Waals surface area contributed by atoms with E-state index in [1.165, 1.54) is 109 Å². The van der Waals surface area contributed by atoms with Crippen molar-refractivity contribution in [3.63, 3.8) is 0 Å². The first kappa shape index (κ1) is 66.3. The van der Waals surface area contributed by atoms with E-state index in [4.69, 9.17) is 14.2 Å². The quantitative estimate of drug-likeness (QED) is 0.0262. The van der Waals surface area contributed by atoms with Crippen LogP contribution in [-0.2, 0) is 28.6 Å². The Morgan fingerprint density at radius 2 is 0.557 bits per heavy atom. The van der Waals surface area contributed by atoms with E-state index in [1.807, 2.05) is 0 Å². The maximum Gasteiger partial charge on any atom is 0.306 e. The summed E-state index contributed by atoms with van der Waals surface area (Å²) in [5.74, 6) is -0.907. The number of ether oxygens (including phenoxy) is 3. The van der Waals surface area contributed by atoms with Gasteiger partial charge in [0.2, 0.25) is 0 Å². The molecule has 1 atom stereocenters. The summed E-state index contributed by atoms with van der Waals surface area (Å²) in [5, 5.41) is 0. The van der Waals surface area contributed by atoms with Crippen molar-refractivity contribution in [3.05, 3.63) is 97.2 Å². The minimum absolute atomic E-state index is 0.0832. The first-order valence-electron chi connectivity index (χ1n) is 29.2. The van der Waals surface area contributed by atoms with Crippen molar-refractivity contribution in [2.24, 2.45) is 0 Å². The van der Waals surface area contributed by atoms with Gasteiger partial charge in [-0.3, -0.25) is 14.4 Å². The van der Waals surface area contributed by atoms with Gasteiger partial charge in [0.1, 0.15) is 13.2 Å². The highest BCUT2D eigenvalue weighted by molar-refractivity contribution is 5.71. The van der Waals surface area contributed by atoms with Crippen LogP contribution in [0.4, 0.5) is 0 Å². The average Bonchev–Trinajstić information content (AvgIpc) is 3.36. The van der Waals surface area contributed by atoms with Crippen molar-refractivity contribution in [3.8, 4) is 0 Å². The van der Waals surface area contributed by atoms with Gasteiger partial charge in [-0.25, -0.2) is 0 Å². The summed E-state index contributed by atoms with van der Waals surface area (Å²) in [7, 11) is 0. The lowest BCUT2D eigenvalue weighted by Crippen LogP contribution is -2.30. The lowest BCUT2D eigenvalue weighted by atomic mass is 10.1. The number of hydrogen-bond donors (Lipinski definition) is 0. The van der Waals surface area contributed by atoms with Gasteiger partial charge in [0.15, 0.2) is 6.10 Å². The van der Waals surface area contributed by atoms with Gasteiger partial charge in [-0.1, -0.05) is 246 Å². The lowest BCUT2D eigenvalue weighted by molar-refractivity contribution is -0.167. The number of unbranched alkanes of at least 4 members (excludes halogenated alkanes) is 25. The number of allylic oxidation sites excluding steroid dienone is 16. The molecule has 6 nitrogen and oxygen atoms in total. The molecule has 0 amide bonds. The standard InChI is InChI=1S/C64H108O6/c1-4-7-10-13-16-18-20-22-24-26-27-28-29-30-31-32-33-34-35-36-37-38-40-41-43-45-48-51-54-57-63(66)69-60-61(59-68-62(65)56-53-50-47-15-12-9-6-3)70-64(67)58-55-52-49-46-44-42-39-25-23-21-19-17-14-11-8-5-2/h7,10,16,18,22,24-25,27-28,30-31,33-34,36-37,39,61H,4-6,8-9,11-15,17,19-21,23,26,29,32,35,38,40-60H2,1-3H3/b10-7-,18-16-,24-22-,28-27-,31-30-,34-33-,37-36-,39-25-. The minimum Gasteiger partial charge on any atom is -0.462 e. The summed E-state index contributed by atoms with van der Waals surface area (Å²) in [4.78, 5) is 37.9. The second-order valence-corrected chi connectivity index (χ2v) is 19.2. The summed E-state index contributed by atoms with van der Waals surface area (Å²) < 4.78 is 16.8. The zero-order chi connectivity index (χ0) is 50.7. The molecule has 400 valence electrons. The maximum absolute atomic E-state index is 12.8. The lowest BCUT2D eigenvalue weighted by Gasteiger charge is -2.18. The molecule has 0 spiro atoms. The van der Waals surface area contributed by atoms with Gasteiger partial charge in [0.05, 0.1) is 0 Å². The molecule has 0 saturated carbocycles. The Balaban J connectivity index is 4.20. The largest absolute Gasteiger partial charge is 0.462 e. The van der Waals surface area contributed by atoms with Crippen LogP contribution in [0.15, 0.2) is 97.2 Å². The summed E-state index contributed by atoms with van der Waals surface area (Å²) in [6.45, 7) is 6.47. The third-order valence-electron chi connectivity index (χ3n) is 12.3. The van der Waals surface area contributed by atoms with Crippen LogP contribution in [0.5, 0.6) is 0 Å². The Morgan fingerprint density at radius 1 is 0.300 bits per heavy atom. The molecule has 0 aromatic carbocycles. The Bertz CT molecular complexity index is 1400. The third-order valence-corrected chi connectivity index (χ3v) is 12.3. The number of hydrogen-bond acceptors (Lipinski definition) is 6. The Hall–Kier alpha value is -3.67. The SMILES string of the molecule is CC/C=C\C/C=C\C/C=C\C/C=C\C/C=C\C/C=C\C/C=C\CCCCCCCCCC(=O)OCC(COC(=O)CCCCCCCCC)OC(=O)CCCCCCC/C=C\CCCCCCCCC. The van der Waals surface area contributed by atoms with E-state index in [2.05, 4.69) is 118 Å². The molecular formula is C64H108O6. The van der Waals surface area contributed by atoms with E-state index in [0.717, 1.165) is 122 Å². The molecule has 0 aromatic rings. The van der Waals surface area contributed by atoms with Gasteiger partial charge >= 0.3 is 17.9 Å². The van der Waals surface area contributed by atoms with E-state index < -0.39 is 6.10 Å². The molecule has 0 aromatic heterocycles. The molecule has 0 fully saturated rings. The van der Waals surface area contributed by atoms with Gasteiger partial charge in [0, 0.05) is 19.3 Å². The van der Waals surface area contributed by atoms with Crippen LogP contribution in [-0.4, -0.2) is 37.2 Å². The smallest absolute Gasteiger partial charge is 0.306 e. The first-order valence-corrected chi connectivity index (χ1v) is 29.2. The molecule has 1 unspecified atom stereocenters. The molecule has 0 aliphatic rings. The molecular weight excluding hydrogens is 865 g/mol. The Kier molecular flexibility index (Phi) is 54.9. The molecule has 0 rings (SSSR count). The monoisotopic (exact) mass is 973 g/mol. The van der Waals surface area contributed by atoms with E-state index in [1.54, 1.807) is 0 Å². The van der Waals surface area contributed by atoms with Crippen LogP contribution in [0, 0.1) is 0 Å². The van der Waals surface area contributed by atoms with Gasteiger partial charge < -0.3 is 14.2 Å². The normalized spacial score (nSPS) is 12.8. The summed E-state index contributed by atoms with van der Waals surface area (Å²) >= 11 is 0. The second-order valence-electron chi connectivity index (χ2n) is 19.2. The molecule has 0 aliphatic heterocycles. The topological polar surface area (TPSA) is 78.9 Å². The van der Waals surface area contributed by atoms with Crippen LogP contribution in [0.3, 0.4) is 0 Å². The molecule has 0 radical (unpaired) electrons. The summed E-state index contributed by atoms with van der Waals surface area (Å²) in [5.41, 5.74) is 0. The van der Waals surface area contributed by atoms with Crippen LogP contribution in [0.2, 0.25) is 0 Å².